The molecule has 1 heterocycles. The third-order valence-electron chi connectivity index (χ3n) is 5.60. The van der Waals surface area contributed by atoms with E-state index in [2.05, 4.69) is 56.3 Å². The standard InChI is InChI=1S/C29H24N4/c1-21-12-11-13-22(2)28(21)30-20-26-25-18-9-10-19-27(25)33(32-26)29(23-14-5-3-6-15-23)31-24-16-7-4-8-17-24/h3-20H,1-2H3/b30-20+,31-29+. The van der Waals surface area contributed by atoms with Crippen LogP contribution in [0.15, 0.2) is 113 Å². The molecule has 4 aromatic carbocycles. The highest BCUT2D eigenvalue weighted by atomic mass is 15.3. The van der Waals surface area contributed by atoms with Gasteiger partial charge in [-0.15, -0.1) is 0 Å². The topological polar surface area (TPSA) is 42.5 Å². The number of hydrogen-bond acceptors (Lipinski definition) is 3. The predicted octanol–water partition coefficient (Wildman–Crippen LogP) is 7.03. The molecule has 0 aliphatic rings. The summed E-state index contributed by atoms with van der Waals surface area (Å²) in [5, 5.41) is 6.00. The van der Waals surface area contributed by atoms with Crippen molar-refractivity contribution in [1.82, 2.24) is 9.78 Å². The quantitative estimate of drug-likeness (QED) is 0.224. The van der Waals surface area contributed by atoms with E-state index in [0.717, 1.165) is 50.5 Å². The van der Waals surface area contributed by atoms with Crippen LogP contribution in [0.3, 0.4) is 0 Å². The van der Waals surface area contributed by atoms with Crippen LogP contribution in [0.5, 0.6) is 0 Å². The lowest BCUT2D eigenvalue weighted by Gasteiger charge is -2.09. The third-order valence-corrected chi connectivity index (χ3v) is 5.60. The van der Waals surface area contributed by atoms with Crippen molar-refractivity contribution in [2.75, 3.05) is 0 Å². The first-order chi connectivity index (χ1) is 16.2. The summed E-state index contributed by atoms with van der Waals surface area (Å²) in [6, 6.07) is 34.6. The maximum Gasteiger partial charge on any atom is 0.161 e. The fourth-order valence-corrected chi connectivity index (χ4v) is 3.93. The van der Waals surface area contributed by atoms with Crippen LogP contribution in [0, 0.1) is 13.8 Å². The number of aromatic nitrogens is 2. The van der Waals surface area contributed by atoms with Gasteiger partial charge in [0.05, 0.1) is 23.1 Å². The van der Waals surface area contributed by atoms with E-state index in [4.69, 9.17) is 15.1 Å². The highest BCUT2D eigenvalue weighted by molar-refractivity contribution is 6.08. The number of hydrogen-bond donors (Lipinski definition) is 0. The van der Waals surface area contributed by atoms with Crippen molar-refractivity contribution in [3.05, 3.63) is 126 Å². The average molecular weight is 429 g/mol. The number of fused-ring (bicyclic) bond motifs is 1. The lowest BCUT2D eigenvalue weighted by Crippen LogP contribution is -2.15. The molecule has 0 spiro atoms. The van der Waals surface area contributed by atoms with E-state index in [1.165, 1.54) is 0 Å². The first kappa shape index (κ1) is 20.6. The lowest BCUT2D eigenvalue weighted by molar-refractivity contribution is 0.957. The minimum absolute atomic E-state index is 0.768. The predicted molar refractivity (Wildman–Crippen MR) is 137 cm³/mol. The molecular weight excluding hydrogens is 404 g/mol. The van der Waals surface area contributed by atoms with E-state index < -0.39 is 0 Å². The summed E-state index contributed by atoms with van der Waals surface area (Å²) in [6.45, 7) is 4.16. The molecule has 5 rings (SSSR count). The Hall–Kier alpha value is -4.31. The number of aliphatic imine (C=N–C) groups is 2. The minimum atomic E-state index is 0.768. The van der Waals surface area contributed by atoms with Crippen molar-refractivity contribution < 1.29 is 0 Å². The molecule has 0 saturated carbocycles. The van der Waals surface area contributed by atoms with Crippen molar-refractivity contribution in [3.63, 3.8) is 0 Å². The van der Waals surface area contributed by atoms with Gasteiger partial charge < -0.3 is 0 Å². The lowest BCUT2D eigenvalue weighted by atomic mass is 10.1. The molecule has 0 atom stereocenters. The normalized spacial score (nSPS) is 12.0. The Morgan fingerprint density at radius 3 is 2.09 bits per heavy atom. The Labute approximate surface area is 193 Å². The Balaban J connectivity index is 1.69. The first-order valence-corrected chi connectivity index (χ1v) is 11.0. The van der Waals surface area contributed by atoms with Crippen LogP contribution in [-0.4, -0.2) is 21.8 Å². The zero-order valence-electron chi connectivity index (χ0n) is 18.7. The SMILES string of the molecule is Cc1cccc(C)c1/N=C/c1nn(/C(=N/c2ccccc2)c2ccccc2)c2ccccc12. The summed E-state index contributed by atoms with van der Waals surface area (Å²) in [5.41, 5.74) is 6.94. The zero-order valence-corrected chi connectivity index (χ0v) is 18.7. The van der Waals surface area contributed by atoms with Gasteiger partial charge in [-0.3, -0.25) is 4.99 Å². The Morgan fingerprint density at radius 2 is 1.36 bits per heavy atom. The summed E-state index contributed by atoms with van der Waals surface area (Å²) in [5.74, 6) is 0.768. The summed E-state index contributed by atoms with van der Waals surface area (Å²) >= 11 is 0. The average Bonchev–Trinajstić information content (AvgIpc) is 3.22. The molecule has 160 valence electrons. The van der Waals surface area contributed by atoms with Gasteiger partial charge in [-0.05, 0) is 43.2 Å². The van der Waals surface area contributed by atoms with Crippen LogP contribution in [0.1, 0.15) is 22.4 Å². The Kier molecular flexibility index (Phi) is 5.64. The second-order valence-electron chi connectivity index (χ2n) is 7.95. The van der Waals surface area contributed by atoms with Gasteiger partial charge >= 0.3 is 0 Å². The van der Waals surface area contributed by atoms with Gasteiger partial charge in [0.2, 0.25) is 0 Å². The summed E-state index contributed by atoms with van der Waals surface area (Å²) in [6.07, 6.45) is 1.86. The van der Waals surface area contributed by atoms with Crippen molar-refractivity contribution in [1.29, 1.82) is 0 Å². The summed E-state index contributed by atoms with van der Waals surface area (Å²) in [7, 11) is 0. The van der Waals surface area contributed by atoms with Gasteiger partial charge in [-0.1, -0.05) is 84.9 Å². The van der Waals surface area contributed by atoms with Crippen LogP contribution in [0.2, 0.25) is 0 Å². The van der Waals surface area contributed by atoms with Crippen LogP contribution in [-0.2, 0) is 0 Å². The molecule has 0 aliphatic heterocycles. The van der Waals surface area contributed by atoms with E-state index in [1.54, 1.807) is 0 Å². The molecule has 1 aromatic heterocycles. The minimum Gasteiger partial charge on any atom is -0.254 e. The largest absolute Gasteiger partial charge is 0.254 e. The molecule has 0 unspecified atom stereocenters. The molecule has 0 N–H and O–H groups in total. The third kappa shape index (κ3) is 4.23. The number of nitrogens with zero attached hydrogens (tertiary/aromatic N) is 4. The van der Waals surface area contributed by atoms with Crippen molar-refractivity contribution in [2.24, 2.45) is 9.98 Å². The molecule has 0 radical (unpaired) electrons. The molecule has 5 aromatic rings. The molecule has 0 amide bonds. The maximum atomic E-state index is 4.98. The van der Waals surface area contributed by atoms with Gasteiger partial charge in [0.15, 0.2) is 5.84 Å². The maximum absolute atomic E-state index is 4.98. The monoisotopic (exact) mass is 428 g/mol. The van der Waals surface area contributed by atoms with E-state index in [-0.39, 0.29) is 0 Å². The molecular formula is C29H24N4. The fourth-order valence-electron chi connectivity index (χ4n) is 3.93. The number of para-hydroxylation sites is 3. The molecule has 33 heavy (non-hydrogen) atoms. The van der Waals surface area contributed by atoms with Gasteiger partial charge in [-0.25, -0.2) is 9.67 Å². The molecule has 4 nitrogen and oxygen atoms in total. The van der Waals surface area contributed by atoms with E-state index >= 15 is 0 Å². The van der Waals surface area contributed by atoms with Crippen molar-refractivity contribution in [2.45, 2.75) is 13.8 Å². The second-order valence-corrected chi connectivity index (χ2v) is 7.95. The van der Waals surface area contributed by atoms with Gasteiger partial charge in [0, 0.05) is 10.9 Å². The van der Waals surface area contributed by atoms with Crippen LogP contribution in [0.4, 0.5) is 11.4 Å². The second kappa shape index (κ2) is 9.05. The van der Waals surface area contributed by atoms with Gasteiger partial charge in [-0.2, -0.15) is 5.10 Å². The smallest absolute Gasteiger partial charge is 0.161 e. The van der Waals surface area contributed by atoms with E-state index in [0.29, 0.717) is 0 Å². The summed E-state index contributed by atoms with van der Waals surface area (Å²) < 4.78 is 1.92. The van der Waals surface area contributed by atoms with Crippen LogP contribution in [0.25, 0.3) is 10.9 Å². The van der Waals surface area contributed by atoms with E-state index in [1.807, 2.05) is 71.6 Å². The van der Waals surface area contributed by atoms with Crippen LogP contribution < -0.4 is 0 Å². The highest BCUT2D eigenvalue weighted by Crippen LogP contribution is 2.25. The molecule has 0 aliphatic carbocycles. The first-order valence-electron chi connectivity index (χ1n) is 11.0. The highest BCUT2D eigenvalue weighted by Gasteiger charge is 2.15. The molecule has 0 bridgehead atoms. The summed E-state index contributed by atoms with van der Waals surface area (Å²) in [4.78, 5) is 9.80. The fraction of sp³-hybridized carbons (Fsp3) is 0.0690. The number of rotatable bonds is 4. The Bertz CT molecular complexity index is 1440. The zero-order chi connectivity index (χ0) is 22.6. The van der Waals surface area contributed by atoms with E-state index in [9.17, 15) is 0 Å². The van der Waals surface area contributed by atoms with Crippen LogP contribution >= 0.6 is 0 Å². The molecule has 0 saturated heterocycles. The van der Waals surface area contributed by atoms with Crippen molar-refractivity contribution in [3.8, 4) is 0 Å². The number of aryl methyl sites for hydroxylation is 2. The van der Waals surface area contributed by atoms with Gasteiger partial charge in [0.25, 0.3) is 0 Å². The van der Waals surface area contributed by atoms with Crippen molar-refractivity contribution >= 4 is 34.3 Å². The number of benzene rings is 4. The molecule has 4 heteroatoms. The Morgan fingerprint density at radius 1 is 0.727 bits per heavy atom. The van der Waals surface area contributed by atoms with Gasteiger partial charge in [0.1, 0.15) is 5.69 Å². The molecule has 0 fully saturated rings.